The van der Waals surface area contributed by atoms with E-state index in [1.54, 1.807) is 12.0 Å². The SMILES string of the molecule is COc1ccccc1N1CCN(C(=O)[C@@H]2c3ccccc3C(=O)N3CCO[C@]23Cc2ccccc2)CC1. The highest BCUT2D eigenvalue weighted by molar-refractivity contribution is 6.02. The number of carbonyl (C=O) groups excluding carboxylic acids is 2. The number of carbonyl (C=O) groups is 2. The van der Waals surface area contributed by atoms with Gasteiger partial charge in [-0.3, -0.25) is 9.59 Å². The van der Waals surface area contributed by atoms with E-state index in [9.17, 15) is 9.59 Å². The van der Waals surface area contributed by atoms with E-state index in [4.69, 9.17) is 9.47 Å². The number of nitrogens with zero attached hydrogens (tertiary/aromatic N) is 3. The summed E-state index contributed by atoms with van der Waals surface area (Å²) in [6, 6.07) is 25.5. The van der Waals surface area contributed by atoms with Gasteiger partial charge in [-0.2, -0.15) is 0 Å². The zero-order chi connectivity index (χ0) is 25.4. The van der Waals surface area contributed by atoms with Crippen LogP contribution in [-0.4, -0.2) is 73.8 Å². The summed E-state index contributed by atoms with van der Waals surface area (Å²) in [5, 5.41) is 0. The Balaban J connectivity index is 1.33. The molecule has 2 amide bonds. The molecule has 2 atom stereocenters. The molecule has 3 aliphatic rings. The molecule has 0 aromatic heterocycles. The van der Waals surface area contributed by atoms with Gasteiger partial charge in [0.25, 0.3) is 5.91 Å². The van der Waals surface area contributed by atoms with Gasteiger partial charge >= 0.3 is 0 Å². The molecule has 0 radical (unpaired) electrons. The van der Waals surface area contributed by atoms with Gasteiger partial charge in [0.15, 0.2) is 5.72 Å². The third-order valence-corrected chi connectivity index (χ3v) is 7.89. The third kappa shape index (κ3) is 3.94. The number of piperazine rings is 1. The fourth-order valence-corrected chi connectivity index (χ4v) is 6.13. The fraction of sp³-hybridized carbons (Fsp3) is 0.333. The number of anilines is 1. The average Bonchev–Trinajstić information content (AvgIpc) is 3.38. The maximum absolute atomic E-state index is 14.4. The fourth-order valence-electron chi connectivity index (χ4n) is 6.13. The maximum atomic E-state index is 14.4. The lowest BCUT2D eigenvalue weighted by atomic mass is 9.76. The molecule has 0 N–H and O–H groups in total. The van der Waals surface area contributed by atoms with Crippen molar-refractivity contribution in [3.8, 4) is 5.75 Å². The molecular weight excluding hydrogens is 466 g/mol. The Hall–Kier alpha value is -3.84. The molecule has 190 valence electrons. The quantitative estimate of drug-likeness (QED) is 0.540. The molecule has 0 aliphatic carbocycles. The van der Waals surface area contributed by atoms with Crippen molar-refractivity contribution >= 4 is 17.5 Å². The standard InChI is InChI=1S/C30H31N3O4/c1-36-26-14-8-7-13-25(26)31-15-17-32(18-16-31)29(35)27-23-11-5-6-12-24(23)28(34)33-19-20-37-30(27,33)21-22-9-3-2-4-10-22/h2-14,27H,15-21H2,1H3/t27-,30+/m0/s1. The minimum absolute atomic E-state index is 0.0162. The molecule has 2 fully saturated rings. The summed E-state index contributed by atoms with van der Waals surface area (Å²) in [6.45, 7) is 3.48. The largest absolute Gasteiger partial charge is 0.495 e. The second-order valence-corrected chi connectivity index (χ2v) is 9.82. The lowest BCUT2D eigenvalue weighted by Gasteiger charge is -2.48. The monoisotopic (exact) mass is 497 g/mol. The molecule has 0 unspecified atom stereocenters. The summed E-state index contributed by atoms with van der Waals surface area (Å²) in [6.07, 6.45) is 0.464. The van der Waals surface area contributed by atoms with Crippen molar-refractivity contribution < 1.29 is 19.1 Å². The van der Waals surface area contributed by atoms with Crippen molar-refractivity contribution in [3.63, 3.8) is 0 Å². The van der Waals surface area contributed by atoms with Gasteiger partial charge < -0.3 is 24.2 Å². The Bertz CT molecular complexity index is 1300. The van der Waals surface area contributed by atoms with Crippen LogP contribution in [0.3, 0.4) is 0 Å². The van der Waals surface area contributed by atoms with E-state index in [2.05, 4.69) is 11.0 Å². The van der Waals surface area contributed by atoms with Crippen LogP contribution in [0.1, 0.15) is 27.4 Å². The predicted octanol–water partition coefficient (Wildman–Crippen LogP) is 3.55. The van der Waals surface area contributed by atoms with Crippen molar-refractivity contribution in [1.29, 1.82) is 0 Å². The number of hydrogen-bond donors (Lipinski definition) is 0. The number of amides is 2. The van der Waals surface area contributed by atoms with E-state index in [-0.39, 0.29) is 11.8 Å². The molecule has 2 saturated heterocycles. The smallest absolute Gasteiger partial charge is 0.256 e. The first-order valence-electron chi connectivity index (χ1n) is 12.9. The van der Waals surface area contributed by atoms with Crippen LogP contribution in [0.5, 0.6) is 5.75 Å². The van der Waals surface area contributed by atoms with Crippen molar-refractivity contribution in [2.24, 2.45) is 0 Å². The summed E-state index contributed by atoms with van der Waals surface area (Å²) in [5.41, 5.74) is 2.40. The highest BCUT2D eigenvalue weighted by atomic mass is 16.5. The lowest BCUT2D eigenvalue weighted by Crippen LogP contribution is -2.62. The molecule has 3 aromatic rings. The summed E-state index contributed by atoms with van der Waals surface area (Å²) in [4.78, 5) is 34.0. The van der Waals surface area contributed by atoms with Gasteiger partial charge in [-0.05, 0) is 29.3 Å². The first-order chi connectivity index (χ1) is 18.1. The van der Waals surface area contributed by atoms with Gasteiger partial charge in [0, 0.05) is 44.7 Å². The Morgan fingerprint density at radius 2 is 1.62 bits per heavy atom. The van der Waals surface area contributed by atoms with Crippen LogP contribution in [-0.2, 0) is 16.0 Å². The van der Waals surface area contributed by atoms with Gasteiger partial charge in [0.05, 0.1) is 19.4 Å². The Kier molecular flexibility index (Phi) is 6.08. The third-order valence-electron chi connectivity index (χ3n) is 7.89. The number of benzene rings is 3. The zero-order valence-corrected chi connectivity index (χ0v) is 21.0. The van der Waals surface area contributed by atoms with Crippen LogP contribution in [0.4, 0.5) is 5.69 Å². The van der Waals surface area contributed by atoms with E-state index in [0.29, 0.717) is 51.3 Å². The van der Waals surface area contributed by atoms with Crippen LogP contribution in [0.2, 0.25) is 0 Å². The number of ether oxygens (including phenoxy) is 2. The first-order valence-corrected chi connectivity index (χ1v) is 12.9. The molecular formula is C30H31N3O4. The number of fused-ring (bicyclic) bond motifs is 2. The Morgan fingerprint density at radius 3 is 2.41 bits per heavy atom. The zero-order valence-electron chi connectivity index (χ0n) is 21.0. The molecule has 7 nitrogen and oxygen atoms in total. The predicted molar refractivity (Wildman–Crippen MR) is 141 cm³/mol. The van der Waals surface area contributed by atoms with Crippen LogP contribution in [0.15, 0.2) is 78.9 Å². The molecule has 3 aromatic carbocycles. The lowest BCUT2D eigenvalue weighted by molar-refractivity contribution is -0.150. The molecule has 3 heterocycles. The average molecular weight is 498 g/mol. The second-order valence-electron chi connectivity index (χ2n) is 9.82. The summed E-state index contributed by atoms with van der Waals surface area (Å²) >= 11 is 0. The number of methoxy groups -OCH3 is 1. The molecule has 0 spiro atoms. The second kappa shape index (κ2) is 9.56. The Morgan fingerprint density at radius 1 is 0.919 bits per heavy atom. The molecule has 0 saturated carbocycles. The molecule has 7 heteroatoms. The van der Waals surface area contributed by atoms with E-state index in [1.807, 2.05) is 77.7 Å². The minimum atomic E-state index is -1.04. The van der Waals surface area contributed by atoms with E-state index in [0.717, 1.165) is 22.6 Å². The molecule has 0 bridgehead atoms. The van der Waals surface area contributed by atoms with Crippen LogP contribution >= 0.6 is 0 Å². The molecule has 3 aliphatic heterocycles. The highest BCUT2D eigenvalue weighted by Gasteiger charge is 2.59. The number of rotatable bonds is 5. The van der Waals surface area contributed by atoms with Crippen molar-refractivity contribution in [3.05, 3.63) is 95.6 Å². The van der Waals surface area contributed by atoms with Gasteiger partial charge in [0.2, 0.25) is 5.91 Å². The maximum Gasteiger partial charge on any atom is 0.256 e. The molecule has 37 heavy (non-hydrogen) atoms. The summed E-state index contributed by atoms with van der Waals surface area (Å²) in [5.74, 6) is 0.192. The minimum Gasteiger partial charge on any atom is -0.495 e. The van der Waals surface area contributed by atoms with E-state index < -0.39 is 11.6 Å². The first kappa shape index (κ1) is 23.6. The van der Waals surface area contributed by atoms with Gasteiger partial charge in [-0.25, -0.2) is 0 Å². The summed E-state index contributed by atoms with van der Waals surface area (Å²) < 4.78 is 12.0. The molecule has 6 rings (SSSR count). The van der Waals surface area contributed by atoms with Crippen LogP contribution < -0.4 is 9.64 Å². The Labute approximate surface area is 217 Å². The summed E-state index contributed by atoms with van der Waals surface area (Å²) in [7, 11) is 1.68. The van der Waals surface area contributed by atoms with E-state index in [1.165, 1.54) is 0 Å². The van der Waals surface area contributed by atoms with Gasteiger partial charge in [0.1, 0.15) is 11.7 Å². The van der Waals surface area contributed by atoms with E-state index >= 15 is 0 Å². The topological polar surface area (TPSA) is 62.3 Å². The van der Waals surface area contributed by atoms with Crippen molar-refractivity contribution in [2.75, 3.05) is 51.3 Å². The highest BCUT2D eigenvalue weighted by Crippen LogP contribution is 2.47. The van der Waals surface area contributed by atoms with Gasteiger partial charge in [-0.1, -0.05) is 60.7 Å². The number of para-hydroxylation sites is 2. The van der Waals surface area contributed by atoms with Crippen LogP contribution in [0, 0.1) is 0 Å². The van der Waals surface area contributed by atoms with Gasteiger partial charge in [-0.15, -0.1) is 0 Å². The van der Waals surface area contributed by atoms with Crippen molar-refractivity contribution in [1.82, 2.24) is 9.80 Å². The normalized spacial score (nSPS) is 23.0. The van der Waals surface area contributed by atoms with Crippen LogP contribution in [0.25, 0.3) is 0 Å². The van der Waals surface area contributed by atoms with Crippen molar-refractivity contribution in [2.45, 2.75) is 18.1 Å². The number of hydrogen-bond acceptors (Lipinski definition) is 5.